The van der Waals surface area contributed by atoms with Gasteiger partial charge < -0.3 is 9.47 Å². The Balaban J connectivity index is 1.44. The molecule has 148 valence electrons. The van der Waals surface area contributed by atoms with Crippen molar-refractivity contribution < 1.29 is 4.79 Å². The Labute approximate surface area is 168 Å². The van der Waals surface area contributed by atoms with Crippen molar-refractivity contribution >= 4 is 16.8 Å². The van der Waals surface area contributed by atoms with Crippen LogP contribution in [0.2, 0.25) is 0 Å². The number of rotatable bonds is 6. The zero-order valence-electron chi connectivity index (χ0n) is 17.0. The number of aromatic nitrogens is 1. The van der Waals surface area contributed by atoms with Crippen molar-refractivity contribution in [3.8, 4) is 6.07 Å². The van der Waals surface area contributed by atoms with Gasteiger partial charge in [-0.1, -0.05) is 18.9 Å². The molecule has 0 N–H and O–H groups in total. The van der Waals surface area contributed by atoms with Crippen LogP contribution >= 0.6 is 0 Å². The maximum Gasteiger partial charge on any atom is 0.223 e. The van der Waals surface area contributed by atoms with E-state index in [-0.39, 0.29) is 0 Å². The number of aryl methyl sites for hydroxylation is 2. The highest BCUT2D eigenvalue weighted by Gasteiger charge is 2.30. The van der Waals surface area contributed by atoms with Crippen molar-refractivity contribution in [1.82, 2.24) is 9.47 Å². The standard InChI is InChI=1S/C24H31N3O/c1-2-26-22(16-20-10-9-19(17-25)14-23(20)26)12-11-21-8-5-13-27(21)24(28)15-18-6-3-4-7-18/h9-10,14,16,18,21H,2-8,11-13,15H2,1H3/t21-/m0/s1. The van der Waals surface area contributed by atoms with E-state index in [2.05, 4.69) is 34.6 Å². The quantitative estimate of drug-likeness (QED) is 0.708. The molecule has 0 unspecified atom stereocenters. The first-order valence-corrected chi connectivity index (χ1v) is 11.0. The van der Waals surface area contributed by atoms with E-state index < -0.39 is 0 Å². The summed E-state index contributed by atoms with van der Waals surface area (Å²) < 4.78 is 2.33. The molecule has 0 radical (unpaired) electrons. The predicted octanol–water partition coefficient (Wildman–Crippen LogP) is 5.04. The number of benzene rings is 1. The molecule has 1 atom stereocenters. The highest BCUT2D eigenvalue weighted by molar-refractivity contribution is 5.82. The van der Waals surface area contributed by atoms with Gasteiger partial charge in [-0.15, -0.1) is 0 Å². The van der Waals surface area contributed by atoms with E-state index in [4.69, 9.17) is 0 Å². The lowest BCUT2D eigenvalue weighted by atomic mass is 10.0. The minimum atomic E-state index is 0.393. The summed E-state index contributed by atoms with van der Waals surface area (Å²) in [5.41, 5.74) is 3.19. The minimum Gasteiger partial charge on any atom is -0.345 e. The zero-order chi connectivity index (χ0) is 19.5. The van der Waals surface area contributed by atoms with Crippen LogP contribution in [-0.4, -0.2) is 28.0 Å². The fourth-order valence-corrected chi connectivity index (χ4v) is 5.32. The summed E-state index contributed by atoms with van der Waals surface area (Å²) in [4.78, 5) is 15.0. The molecule has 0 spiro atoms. The number of carbonyl (C=O) groups excluding carboxylic acids is 1. The van der Waals surface area contributed by atoms with Gasteiger partial charge in [0.15, 0.2) is 0 Å². The van der Waals surface area contributed by atoms with Crippen LogP contribution in [0, 0.1) is 17.2 Å². The molecule has 4 nitrogen and oxygen atoms in total. The SMILES string of the molecule is CCn1c(CC[C@@H]2CCCN2C(=O)CC2CCCC2)cc2ccc(C#N)cc21. The first-order valence-electron chi connectivity index (χ1n) is 11.0. The van der Waals surface area contributed by atoms with Crippen molar-refractivity contribution in [1.29, 1.82) is 5.26 Å². The highest BCUT2D eigenvalue weighted by Crippen LogP contribution is 2.31. The van der Waals surface area contributed by atoms with Gasteiger partial charge in [0.2, 0.25) is 5.91 Å². The van der Waals surface area contributed by atoms with Gasteiger partial charge in [-0.25, -0.2) is 0 Å². The molecule has 1 aromatic carbocycles. The molecule has 1 aromatic heterocycles. The molecule has 4 rings (SSSR count). The normalized spacial score (nSPS) is 20.1. The van der Waals surface area contributed by atoms with Crippen molar-refractivity contribution in [2.75, 3.05) is 6.54 Å². The van der Waals surface area contributed by atoms with Crippen LogP contribution in [0.5, 0.6) is 0 Å². The molecule has 2 fully saturated rings. The average molecular weight is 378 g/mol. The Kier molecular flexibility index (Phi) is 5.71. The van der Waals surface area contributed by atoms with E-state index in [9.17, 15) is 10.1 Å². The van der Waals surface area contributed by atoms with Crippen LogP contribution in [0.4, 0.5) is 0 Å². The number of carbonyl (C=O) groups is 1. The van der Waals surface area contributed by atoms with E-state index >= 15 is 0 Å². The zero-order valence-corrected chi connectivity index (χ0v) is 17.0. The Hall–Kier alpha value is -2.28. The van der Waals surface area contributed by atoms with E-state index in [1.54, 1.807) is 0 Å². The average Bonchev–Trinajstić information content (AvgIpc) is 3.44. The second-order valence-corrected chi connectivity index (χ2v) is 8.54. The third-order valence-corrected chi connectivity index (χ3v) is 6.80. The summed E-state index contributed by atoms with van der Waals surface area (Å²) in [5.74, 6) is 1.02. The summed E-state index contributed by atoms with van der Waals surface area (Å²) in [6.45, 7) is 4.01. The number of likely N-dealkylation sites (tertiary alicyclic amines) is 1. The molecule has 1 aliphatic heterocycles. The molecule has 28 heavy (non-hydrogen) atoms. The summed E-state index contributed by atoms with van der Waals surface area (Å²) in [6.07, 6.45) is 10.2. The first-order chi connectivity index (χ1) is 13.7. The maximum atomic E-state index is 12.8. The first kappa shape index (κ1) is 19.1. The van der Waals surface area contributed by atoms with Crippen molar-refractivity contribution in [3.05, 3.63) is 35.5 Å². The van der Waals surface area contributed by atoms with Crippen LogP contribution < -0.4 is 0 Å². The Bertz CT molecular complexity index is 885. The van der Waals surface area contributed by atoms with Gasteiger partial charge in [0.1, 0.15) is 0 Å². The monoisotopic (exact) mass is 377 g/mol. The molecule has 1 aliphatic carbocycles. The van der Waals surface area contributed by atoms with Crippen LogP contribution in [-0.2, 0) is 17.8 Å². The lowest BCUT2D eigenvalue weighted by Crippen LogP contribution is -2.36. The number of hydrogen-bond donors (Lipinski definition) is 0. The van der Waals surface area contributed by atoms with E-state index in [1.807, 2.05) is 12.1 Å². The van der Waals surface area contributed by atoms with Crippen molar-refractivity contribution in [2.24, 2.45) is 5.92 Å². The van der Waals surface area contributed by atoms with Crippen LogP contribution in [0.1, 0.15) is 69.5 Å². The molecule has 0 bridgehead atoms. The second-order valence-electron chi connectivity index (χ2n) is 8.54. The fourth-order valence-electron chi connectivity index (χ4n) is 5.32. The lowest BCUT2D eigenvalue weighted by molar-refractivity contribution is -0.133. The van der Waals surface area contributed by atoms with Gasteiger partial charge >= 0.3 is 0 Å². The molecular formula is C24H31N3O. The molecule has 1 saturated carbocycles. The number of hydrogen-bond acceptors (Lipinski definition) is 2. The van der Waals surface area contributed by atoms with E-state index in [1.165, 1.54) is 36.8 Å². The summed E-state index contributed by atoms with van der Waals surface area (Å²) in [5, 5.41) is 10.4. The third-order valence-electron chi connectivity index (χ3n) is 6.80. The largest absolute Gasteiger partial charge is 0.345 e. The highest BCUT2D eigenvalue weighted by atomic mass is 16.2. The van der Waals surface area contributed by atoms with Crippen LogP contribution in [0.3, 0.4) is 0 Å². The molecular weight excluding hydrogens is 346 g/mol. The summed E-state index contributed by atoms with van der Waals surface area (Å²) >= 11 is 0. The van der Waals surface area contributed by atoms with Crippen molar-refractivity contribution in [3.63, 3.8) is 0 Å². The molecule has 1 saturated heterocycles. The number of nitrogens with zero attached hydrogens (tertiary/aromatic N) is 3. The molecule has 2 aliphatic rings. The predicted molar refractivity (Wildman–Crippen MR) is 112 cm³/mol. The van der Waals surface area contributed by atoms with Gasteiger partial charge in [0, 0.05) is 36.8 Å². The smallest absolute Gasteiger partial charge is 0.223 e. The van der Waals surface area contributed by atoms with Gasteiger partial charge in [-0.05, 0) is 75.0 Å². The topological polar surface area (TPSA) is 49.0 Å². The third kappa shape index (κ3) is 3.81. The lowest BCUT2D eigenvalue weighted by Gasteiger charge is -2.26. The second kappa shape index (κ2) is 8.39. The van der Waals surface area contributed by atoms with Gasteiger partial charge in [0.05, 0.1) is 11.6 Å². The molecule has 2 aromatic rings. The van der Waals surface area contributed by atoms with Gasteiger partial charge in [0.25, 0.3) is 0 Å². The molecule has 2 heterocycles. The number of fused-ring (bicyclic) bond motifs is 1. The van der Waals surface area contributed by atoms with E-state index in [0.717, 1.165) is 50.7 Å². The molecule has 4 heteroatoms. The summed E-state index contributed by atoms with van der Waals surface area (Å²) in [7, 11) is 0. The van der Waals surface area contributed by atoms with Gasteiger partial charge in [-0.2, -0.15) is 5.26 Å². The molecule has 1 amide bonds. The van der Waals surface area contributed by atoms with Crippen molar-refractivity contribution in [2.45, 2.75) is 77.3 Å². The van der Waals surface area contributed by atoms with Gasteiger partial charge in [-0.3, -0.25) is 4.79 Å². The van der Waals surface area contributed by atoms with Crippen LogP contribution in [0.25, 0.3) is 10.9 Å². The minimum absolute atomic E-state index is 0.393. The Morgan fingerprint density at radius 1 is 1.18 bits per heavy atom. The number of amides is 1. The summed E-state index contributed by atoms with van der Waals surface area (Å²) in [6, 6.07) is 10.8. The Morgan fingerprint density at radius 3 is 2.75 bits per heavy atom. The van der Waals surface area contributed by atoms with E-state index in [0.29, 0.717) is 23.4 Å². The maximum absolute atomic E-state index is 12.8. The Morgan fingerprint density at radius 2 is 2.00 bits per heavy atom. The van der Waals surface area contributed by atoms with Crippen LogP contribution in [0.15, 0.2) is 24.3 Å². The number of nitriles is 1. The fraction of sp³-hybridized carbons (Fsp3) is 0.583.